The standard InChI is InChI=1S/C15H17NO3/c1-5-15(2,3)13-12(17)10-8-6-7-9-11(10)16(13)14(18)19-4/h5-9,13H,1H2,2-4H3. The number of rotatable bonds is 2. The number of fused-ring (bicyclic) bond motifs is 1. The van der Waals surface area contributed by atoms with E-state index in [2.05, 4.69) is 6.58 Å². The van der Waals surface area contributed by atoms with Crippen LogP contribution < -0.4 is 4.90 Å². The van der Waals surface area contributed by atoms with Crippen molar-refractivity contribution in [3.63, 3.8) is 0 Å². The zero-order valence-corrected chi connectivity index (χ0v) is 11.3. The molecule has 0 saturated heterocycles. The number of anilines is 1. The van der Waals surface area contributed by atoms with Crippen molar-refractivity contribution in [2.75, 3.05) is 12.0 Å². The van der Waals surface area contributed by atoms with Crippen LogP contribution in [0.3, 0.4) is 0 Å². The summed E-state index contributed by atoms with van der Waals surface area (Å²) in [5, 5.41) is 0. The van der Waals surface area contributed by atoms with E-state index < -0.39 is 17.6 Å². The number of carbonyl (C=O) groups excluding carboxylic acids is 2. The van der Waals surface area contributed by atoms with Gasteiger partial charge in [-0.25, -0.2) is 4.79 Å². The molecule has 0 aromatic heterocycles. The average Bonchev–Trinajstić information content (AvgIpc) is 2.72. The quantitative estimate of drug-likeness (QED) is 0.767. The Morgan fingerprint density at radius 2 is 2.05 bits per heavy atom. The average molecular weight is 259 g/mol. The molecule has 1 aromatic carbocycles. The summed E-state index contributed by atoms with van der Waals surface area (Å²) in [6.07, 6.45) is 1.16. The van der Waals surface area contributed by atoms with Crippen molar-refractivity contribution in [2.45, 2.75) is 19.9 Å². The lowest BCUT2D eigenvalue weighted by Crippen LogP contribution is -2.48. The van der Waals surface area contributed by atoms with Crippen molar-refractivity contribution >= 4 is 17.6 Å². The number of methoxy groups -OCH3 is 1. The molecule has 4 heteroatoms. The zero-order chi connectivity index (χ0) is 14.2. The maximum absolute atomic E-state index is 12.5. The van der Waals surface area contributed by atoms with Crippen LogP contribution >= 0.6 is 0 Å². The topological polar surface area (TPSA) is 46.6 Å². The lowest BCUT2D eigenvalue weighted by Gasteiger charge is -2.33. The predicted molar refractivity (Wildman–Crippen MR) is 73.4 cm³/mol. The third-order valence-electron chi connectivity index (χ3n) is 3.54. The summed E-state index contributed by atoms with van der Waals surface area (Å²) < 4.78 is 4.81. The predicted octanol–water partition coefficient (Wildman–Crippen LogP) is 3.04. The Balaban J connectivity index is 2.60. The Kier molecular flexibility index (Phi) is 3.18. The molecule has 1 aliphatic rings. The molecule has 100 valence electrons. The van der Waals surface area contributed by atoms with Gasteiger partial charge in [-0.2, -0.15) is 0 Å². The molecule has 1 aromatic rings. The Morgan fingerprint density at radius 3 is 2.63 bits per heavy atom. The largest absolute Gasteiger partial charge is 0.452 e. The van der Waals surface area contributed by atoms with Crippen molar-refractivity contribution in [3.8, 4) is 0 Å². The number of nitrogens with zero attached hydrogens (tertiary/aromatic N) is 1. The molecular weight excluding hydrogens is 242 g/mol. The SMILES string of the molecule is C=CC(C)(C)C1C(=O)c2ccccc2N1C(=O)OC. The third-order valence-corrected chi connectivity index (χ3v) is 3.54. The lowest BCUT2D eigenvalue weighted by molar-refractivity contribution is 0.0918. The van der Waals surface area contributed by atoms with Crippen molar-refractivity contribution < 1.29 is 14.3 Å². The molecule has 0 saturated carbocycles. The van der Waals surface area contributed by atoms with Gasteiger partial charge >= 0.3 is 6.09 Å². The number of hydrogen-bond acceptors (Lipinski definition) is 3. The molecule has 1 heterocycles. The molecule has 1 amide bonds. The molecule has 1 aliphatic heterocycles. The van der Waals surface area contributed by atoms with Gasteiger partial charge in [-0.3, -0.25) is 9.69 Å². The molecule has 0 N–H and O–H groups in total. The van der Waals surface area contributed by atoms with Gasteiger partial charge in [0, 0.05) is 11.0 Å². The van der Waals surface area contributed by atoms with E-state index in [1.807, 2.05) is 13.8 Å². The number of ether oxygens (including phenoxy) is 1. The second-order valence-corrected chi connectivity index (χ2v) is 5.15. The van der Waals surface area contributed by atoms with Gasteiger partial charge in [-0.05, 0) is 12.1 Å². The first-order chi connectivity index (χ1) is 8.94. The van der Waals surface area contributed by atoms with Gasteiger partial charge in [-0.15, -0.1) is 6.58 Å². The smallest absolute Gasteiger partial charge is 0.414 e. The normalized spacial score (nSPS) is 18.2. The van der Waals surface area contributed by atoms with Crippen LogP contribution in [0.1, 0.15) is 24.2 Å². The van der Waals surface area contributed by atoms with Gasteiger partial charge in [0.05, 0.1) is 12.8 Å². The van der Waals surface area contributed by atoms with E-state index in [0.29, 0.717) is 11.3 Å². The fourth-order valence-electron chi connectivity index (χ4n) is 2.38. The number of hydrogen-bond donors (Lipinski definition) is 0. The Labute approximate surface area is 112 Å². The minimum absolute atomic E-state index is 0.0779. The van der Waals surface area contributed by atoms with E-state index in [9.17, 15) is 9.59 Å². The maximum atomic E-state index is 12.5. The Hall–Kier alpha value is -2.10. The van der Waals surface area contributed by atoms with E-state index in [0.717, 1.165) is 0 Å². The third kappa shape index (κ3) is 1.93. The number of benzene rings is 1. The minimum atomic E-state index is -0.616. The van der Waals surface area contributed by atoms with Crippen LogP contribution in [-0.2, 0) is 4.74 Å². The van der Waals surface area contributed by atoms with Crippen molar-refractivity contribution in [1.82, 2.24) is 0 Å². The summed E-state index contributed by atoms with van der Waals surface area (Å²) in [4.78, 5) is 26.0. The molecule has 1 atom stereocenters. The highest BCUT2D eigenvalue weighted by Crippen LogP contribution is 2.40. The van der Waals surface area contributed by atoms with Crippen molar-refractivity contribution in [3.05, 3.63) is 42.5 Å². The zero-order valence-electron chi connectivity index (χ0n) is 11.3. The number of amides is 1. The monoisotopic (exact) mass is 259 g/mol. The first-order valence-corrected chi connectivity index (χ1v) is 6.08. The second-order valence-electron chi connectivity index (χ2n) is 5.15. The van der Waals surface area contributed by atoms with Crippen LogP contribution in [0.4, 0.5) is 10.5 Å². The first kappa shape index (κ1) is 13.3. The summed E-state index contributed by atoms with van der Waals surface area (Å²) in [5.74, 6) is -0.0779. The molecule has 0 radical (unpaired) electrons. The molecule has 2 rings (SSSR count). The van der Waals surface area contributed by atoms with Crippen molar-refractivity contribution in [2.24, 2.45) is 5.41 Å². The molecule has 19 heavy (non-hydrogen) atoms. The van der Waals surface area contributed by atoms with E-state index in [-0.39, 0.29) is 5.78 Å². The molecule has 0 spiro atoms. The molecular formula is C15H17NO3. The number of para-hydroxylation sites is 1. The van der Waals surface area contributed by atoms with Gasteiger partial charge in [0.1, 0.15) is 6.04 Å². The van der Waals surface area contributed by atoms with Crippen molar-refractivity contribution in [1.29, 1.82) is 0 Å². The maximum Gasteiger partial charge on any atom is 0.414 e. The molecule has 1 unspecified atom stereocenters. The summed E-state index contributed by atoms with van der Waals surface area (Å²) in [6, 6.07) is 6.45. The van der Waals surface area contributed by atoms with Gasteiger partial charge in [0.25, 0.3) is 0 Å². The van der Waals surface area contributed by atoms with Crippen LogP contribution in [-0.4, -0.2) is 25.0 Å². The van der Waals surface area contributed by atoms with Crippen LogP contribution in [0.25, 0.3) is 0 Å². The number of Topliss-reactive ketones (excluding diaryl/α,β-unsaturated/α-hetero) is 1. The Morgan fingerprint density at radius 1 is 1.42 bits per heavy atom. The number of ketones is 1. The van der Waals surface area contributed by atoms with E-state index in [1.165, 1.54) is 12.0 Å². The minimum Gasteiger partial charge on any atom is -0.452 e. The van der Waals surface area contributed by atoms with Gasteiger partial charge < -0.3 is 4.74 Å². The van der Waals surface area contributed by atoms with E-state index in [4.69, 9.17) is 4.74 Å². The number of carbonyl (C=O) groups is 2. The lowest BCUT2D eigenvalue weighted by atomic mass is 9.82. The molecule has 0 fully saturated rings. The molecule has 4 nitrogen and oxygen atoms in total. The fourth-order valence-corrected chi connectivity index (χ4v) is 2.38. The van der Waals surface area contributed by atoms with Crippen LogP contribution in [0.5, 0.6) is 0 Å². The Bertz CT molecular complexity index is 548. The first-order valence-electron chi connectivity index (χ1n) is 6.08. The second kappa shape index (κ2) is 4.53. The van der Waals surface area contributed by atoms with Crippen LogP contribution in [0.2, 0.25) is 0 Å². The van der Waals surface area contributed by atoms with Crippen LogP contribution in [0, 0.1) is 5.41 Å². The van der Waals surface area contributed by atoms with E-state index >= 15 is 0 Å². The van der Waals surface area contributed by atoms with E-state index in [1.54, 1.807) is 30.3 Å². The highest BCUT2D eigenvalue weighted by Gasteiger charge is 2.48. The summed E-state index contributed by atoms with van der Waals surface area (Å²) in [7, 11) is 1.31. The molecule has 0 aliphatic carbocycles. The molecule has 0 bridgehead atoms. The summed E-state index contributed by atoms with van der Waals surface area (Å²) in [5.41, 5.74) is 0.608. The van der Waals surface area contributed by atoms with Gasteiger partial charge in [0.2, 0.25) is 0 Å². The fraction of sp³-hybridized carbons (Fsp3) is 0.333. The summed E-state index contributed by atoms with van der Waals surface area (Å²) >= 11 is 0. The van der Waals surface area contributed by atoms with Crippen LogP contribution in [0.15, 0.2) is 36.9 Å². The van der Waals surface area contributed by atoms with Gasteiger partial charge in [-0.1, -0.05) is 32.1 Å². The highest BCUT2D eigenvalue weighted by molar-refractivity contribution is 6.17. The summed E-state index contributed by atoms with van der Waals surface area (Å²) in [6.45, 7) is 7.52. The highest BCUT2D eigenvalue weighted by atomic mass is 16.5. The van der Waals surface area contributed by atoms with Gasteiger partial charge in [0.15, 0.2) is 5.78 Å².